The van der Waals surface area contributed by atoms with Gasteiger partial charge >= 0.3 is 0 Å². The fourth-order valence-corrected chi connectivity index (χ4v) is 14.8. The molecule has 0 aliphatic heterocycles. The Labute approximate surface area is 369 Å². The molecule has 0 spiro atoms. The van der Waals surface area contributed by atoms with Gasteiger partial charge in [0.25, 0.3) is 0 Å². The third-order valence-corrected chi connectivity index (χ3v) is 18.6. The van der Waals surface area contributed by atoms with Crippen LogP contribution >= 0.6 is 0 Å². The van der Waals surface area contributed by atoms with Gasteiger partial charge in [-0.25, -0.2) is 0 Å². The van der Waals surface area contributed by atoms with Crippen LogP contribution in [0, 0.1) is 82.9 Å². The molecular formula is C59H98. The first-order valence-corrected chi connectivity index (χ1v) is 26.3. The summed E-state index contributed by atoms with van der Waals surface area (Å²) in [5, 5.41) is 0. The molecule has 0 N–H and O–H groups in total. The van der Waals surface area contributed by atoms with Crippen molar-refractivity contribution in [3.63, 3.8) is 0 Å². The minimum atomic E-state index is 0.809. The van der Waals surface area contributed by atoms with E-state index in [2.05, 4.69) is 81.0 Å². The first-order valence-electron chi connectivity index (χ1n) is 26.3. The molecule has 0 radical (unpaired) electrons. The maximum absolute atomic E-state index is 4.25. The molecule has 0 heterocycles. The van der Waals surface area contributed by atoms with Crippen molar-refractivity contribution in [1.82, 2.24) is 0 Å². The van der Waals surface area contributed by atoms with Crippen LogP contribution in [0.4, 0.5) is 0 Å². The summed E-state index contributed by atoms with van der Waals surface area (Å²) in [5.41, 5.74) is 9.16. The molecule has 0 aromatic carbocycles. The quantitative estimate of drug-likeness (QED) is 0.214. The molecule has 0 bridgehead atoms. The lowest BCUT2D eigenvalue weighted by atomic mass is 9.64. The van der Waals surface area contributed by atoms with Crippen molar-refractivity contribution in [3.05, 3.63) is 72.9 Å². The summed E-state index contributed by atoms with van der Waals surface area (Å²) in [6.07, 6.45) is 38.0. The Balaban J connectivity index is 0.000000136. The van der Waals surface area contributed by atoms with Crippen molar-refractivity contribution in [2.24, 2.45) is 82.9 Å². The molecule has 10 aliphatic carbocycles. The molecule has 59 heavy (non-hydrogen) atoms. The topological polar surface area (TPSA) is 0 Å². The van der Waals surface area contributed by atoms with E-state index < -0.39 is 0 Å². The summed E-state index contributed by atoms with van der Waals surface area (Å²) >= 11 is 0. The van der Waals surface area contributed by atoms with Crippen LogP contribution in [0.5, 0.6) is 0 Å². The van der Waals surface area contributed by atoms with Crippen LogP contribution in [0.25, 0.3) is 0 Å². The lowest BCUT2D eigenvalue weighted by Gasteiger charge is -2.41. The van der Waals surface area contributed by atoms with Gasteiger partial charge < -0.3 is 0 Å². The highest BCUT2D eigenvalue weighted by Crippen LogP contribution is 2.51. The number of allylic oxidation sites excluding steroid dienone is 6. The summed E-state index contributed by atoms with van der Waals surface area (Å²) in [4.78, 5) is 0. The highest BCUT2D eigenvalue weighted by atomic mass is 14.4. The zero-order valence-corrected chi connectivity index (χ0v) is 40.4. The molecule has 10 rings (SSSR count). The Morgan fingerprint density at radius 1 is 0.254 bits per heavy atom. The van der Waals surface area contributed by atoms with Gasteiger partial charge in [-0.15, -0.1) is 0 Å². The van der Waals surface area contributed by atoms with E-state index in [1.165, 1.54) is 185 Å². The van der Waals surface area contributed by atoms with Crippen LogP contribution in [0.1, 0.15) is 215 Å². The molecule has 10 saturated carbocycles. The van der Waals surface area contributed by atoms with E-state index in [4.69, 9.17) is 0 Å². The zero-order chi connectivity index (χ0) is 42.6. The highest BCUT2D eigenvalue weighted by Gasteiger charge is 2.40. The minimum Gasteiger partial charge on any atom is -0.0996 e. The van der Waals surface area contributed by atoms with Crippen LogP contribution in [0.3, 0.4) is 0 Å². The number of rotatable bonds is 0. The van der Waals surface area contributed by atoms with E-state index in [0.717, 1.165) is 82.9 Å². The second-order valence-corrected chi connectivity index (χ2v) is 22.8. The van der Waals surface area contributed by atoms with Crippen LogP contribution < -0.4 is 0 Å². The van der Waals surface area contributed by atoms with E-state index in [0.29, 0.717) is 0 Å². The van der Waals surface area contributed by atoms with Crippen molar-refractivity contribution in [1.29, 1.82) is 0 Å². The van der Waals surface area contributed by atoms with Gasteiger partial charge in [0.1, 0.15) is 0 Å². The van der Waals surface area contributed by atoms with Crippen molar-refractivity contribution in [2.45, 2.75) is 215 Å². The average molecular weight is 807 g/mol. The second kappa shape index (κ2) is 23.8. The lowest BCUT2D eigenvalue weighted by Crippen LogP contribution is -2.30. The first kappa shape index (κ1) is 48.5. The van der Waals surface area contributed by atoms with Gasteiger partial charge in [0.2, 0.25) is 0 Å². The maximum atomic E-state index is 4.25. The molecule has 0 heteroatoms. The molecule has 0 aromatic heterocycles. The molecule has 0 amide bonds. The third-order valence-electron chi connectivity index (χ3n) is 18.6. The normalized spacial score (nSPS) is 40.8. The van der Waals surface area contributed by atoms with Crippen molar-refractivity contribution in [2.75, 3.05) is 0 Å². The molecule has 0 aromatic rings. The van der Waals surface area contributed by atoms with Gasteiger partial charge in [0.15, 0.2) is 0 Å². The molecule has 10 aliphatic rings. The van der Waals surface area contributed by atoms with Crippen molar-refractivity contribution in [3.8, 4) is 0 Å². The number of hydrogen-bond donors (Lipinski definition) is 0. The van der Waals surface area contributed by atoms with E-state index in [-0.39, 0.29) is 0 Å². The molecule has 0 nitrogen and oxygen atoms in total. The Kier molecular flexibility index (Phi) is 19.5. The standard InChI is InChI=1S/C12H20.2C11H18.C10H16.C8H14.C7H12/c1-9-5-3-7-11-8-4-6-10(2)12(9)11;2*1-8-4-3-5-10-7-6-9(2)11(8)10;1-7-3-5-9-6-4-8(2)10(7)9;1-7-5-3-4-6-8(7)2;1-6-4-3-5-7(6)2/h10-12H,1,3-8H2,2H3;8,10-11H,2-7H2,1H3;9-11H,1,3-7H2,2H3;8-10H,1,3-6H2,2H3;8H,1,3-6H2,2H3;7H,1,3-5H2,2H3. The van der Waals surface area contributed by atoms with Gasteiger partial charge in [-0.1, -0.05) is 147 Å². The Morgan fingerprint density at radius 2 is 0.559 bits per heavy atom. The third kappa shape index (κ3) is 13.5. The van der Waals surface area contributed by atoms with Crippen LogP contribution in [0.2, 0.25) is 0 Å². The highest BCUT2D eigenvalue weighted by molar-refractivity contribution is 5.14. The van der Waals surface area contributed by atoms with E-state index in [1.807, 2.05) is 0 Å². The fourth-order valence-electron chi connectivity index (χ4n) is 14.8. The fraction of sp³-hybridized carbons (Fsp3) is 0.797. The average Bonchev–Trinajstić information content (AvgIpc) is 4.06. The van der Waals surface area contributed by atoms with Gasteiger partial charge in [0, 0.05) is 0 Å². The van der Waals surface area contributed by atoms with Gasteiger partial charge in [-0.3, -0.25) is 0 Å². The SMILES string of the molecule is C=C1CCC2CCC(C)C12.C=C1CCC2CCCC(C)C12.C=C1CCCC1C.C=C1CCCC2CCC(C)C12.C=C1CCCC2CCCC(C)C12.C=C1CCCCC1C. The molecule has 14 atom stereocenters. The van der Waals surface area contributed by atoms with Crippen molar-refractivity contribution >= 4 is 0 Å². The monoisotopic (exact) mass is 807 g/mol. The number of fused-ring (bicyclic) bond motifs is 4. The molecule has 14 unspecified atom stereocenters. The summed E-state index contributed by atoms with van der Waals surface area (Å²) < 4.78 is 0. The van der Waals surface area contributed by atoms with E-state index >= 15 is 0 Å². The smallest absolute Gasteiger partial charge is 0.0152 e. The van der Waals surface area contributed by atoms with Gasteiger partial charge in [-0.2, -0.15) is 0 Å². The lowest BCUT2D eigenvalue weighted by molar-refractivity contribution is 0.162. The van der Waals surface area contributed by atoms with Crippen LogP contribution in [-0.2, 0) is 0 Å². The summed E-state index contributed by atoms with van der Waals surface area (Å²) in [6, 6.07) is 0. The van der Waals surface area contributed by atoms with E-state index in [9.17, 15) is 0 Å². The summed E-state index contributed by atoms with van der Waals surface area (Å²) in [7, 11) is 0. The Bertz CT molecular complexity index is 1380. The summed E-state index contributed by atoms with van der Waals surface area (Å²) in [5.74, 6) is 13.1. The van der Waals surface area contributed by atoms with Gasteiger partial charge in [-0.05, 0) is 224 Å². The summed E-state index contributed by atoms with van der Waals surface area (Å²) in [6.45, 7) is 38.9. The van der Waals surface area contributed by atoms with Crippen LogP contribution in [-0.4, -0.2) is 0 Å². The number of hydrogen-bond acceptors (Lipinski definition) is 0. The van der Waals surface area contributed by atoms with Crippen molar-refractivity contribution < 1.29 is 0 Å². The van der Waals surface area contributed by atoms with E-state index in [1.54, 1.807) is 22.3 Å². The molecular weight excluding hydrogens is 709 g/mol. The predicted octanol–water partition coefficient (Wildman–Crippen LogP) is 18.7. The predicted molar refractivity (Wildman–Crippen MR) is 262 cm³/mol. The Morgan fingerprint density at radius 3 is 0.898 bits per heavy atom. The maximum Gasteiger partial charge on any atom is -0.0152 e. The first-order chi connectivity index (χ1) is 28.3. The molecule has 334 valence electrons. The second-order valence-electron chi connectivity index (χ2n) is 22.8. The van der Waals surface area contributed by atoms with Gasteiger partial charge in [0.05, 0.1) is 0 Å². The molecule has 10 fully saturated rings. The zero-order valence-electron chi connectivity index (χ0n) is 40.4. The largest absolute Gasteiger partial charge is 0.0996 e. The Hall–Kier alpha value is -1.56. The minimum absolute atomic E-state index is 0.809. The molecule has 0 saturated heterocycles. The van der Waals surface area contributed by atoms with Crippen LogP contribution in [0.15, 0.2) is 72.9 Å².